The first-order chi connectivity index (χ1) is 12.6. The molecule has 0 radical (unpaired) electrons. The second-order valence-corrected chi connectivity index (χ2v) is 6.38. The Hall–Kier alpha value is -3.26. The molecule has 0 saturated heterocycles. The fourth-order valence-corrected chi connectivity index (χ4v) is 2.88. The summed E-state index contributed by atoms with van der Waals surface area (Å²) in [6.45, 7) is 2.33. The van der Waals surface area contributed by atoms with Crippen LogP contribution in [0, 0.1) is 6.92 Å². The number of aryl methyl sites for hydroxylation is 1. The van der Waals surface area contributed by atoms with Crippen LogP contribution in [-0.2, 0) is 6.54 Å². The molecule has 0 atom stereocenters. The molecule has 0 aliphatic carbocycles. The van der Waals surface area contributed by atoms with Crippen molar-refractivity contribution >= 4 is 34.1 Å². The molecular formula is C18H17N5O2S. The average molecular weight is 367 g/mol. The van der Waals surface area contributed by atoms with E-state index in [1.807, 2.05) is 37.3 Å². The van der Waals surface area contributed by atoms with Crippen molar-refractivity contribution in [2.45, 2.75) is 13.5 Å². The van der Waals surface area contributed by atoms with Crippen LogP contribution in [-0.4, -0.2) is 21.9 Å². The third kappa shape index (κ3) is 4.87. The maximum Gasteiger partial charge on any atom is 0.325 e. The molecule has 7 nitrogen and oxygen atoms in total. The lowest BCUT2D eigenvalue weighted by Gasteiger charge is -2.06. The van der Waals surface area contributed by atoms with E-state index in [2.05, 4.69) is 25.9 Å². The minimum absolute atomic E-state index is 0.259. The maximum atomic E-state index is 12.1. The molecule has 26 heavy (non-hydrogen) atoms. The minimum atomic E-state index is -0.409. The Balaban J connectivity index is 1.53. The Labute approximate surface area is 154 Å². The highest BCUT2D eigenvalue weighted by Crippen LogP contribution is 2.16. The normalized spacial score (nSPS) is 10.2. The number of nitrogens with zero attached hydrogens (tertiary/aromatic N) is 2. The lowest BCUT2D eigenvalue weighted by atomic mass is 10.2. The quantitative estimate of drug-likeness (QED) is 0.644. The van der Waals surface area contributed by atoms with Crippen LogP contribution in [0.4, 0.5) is 15.6 Å². The van der Waals surface area contributed by atoms with Crippen LogP contribution in [0.15, 0.2) is 54.2 Å². The number of hydrogen-bond donors (Lipinski definition) is 3. The van der Waals surface area contributed by atoms with E-state index >= 15 is 0 Å². The van der Waals surface area contributed by atoms with Crippen LogP contribution >= 0.6 is 11.3 Å². The Morgan fingerprint density at radius 3 is 2.69 bits per heavy atom. The molecule has 0 aliphatic heterocycles. The highest BCUT2D eigenvalue weighted by Gasteiger charge is 2.12. The van der Waals surface area contributed by atoms with E-state index in [1.54, 1.807) is 23.8 Å². The van der Waals surface area contributed by atoms with Gasteiger partial charge in [0.1, 0.15) is 5.69 Å². The molecule has 132 valence electrons. The van der Waals surface area contributed by atoms with Gasteiger partial charge in [0.05, 0.1) is 0 Å². The molecule has 0 fully saturated rings. The summed E-state index contributed by atoms with van der Waals surface area (Å²) in [4.78, 5) is 32.2. The third-order valence-corrected chi connectivity index (χ3v) is 4.19. The number of pyridine rings is 1. The summed E-state index contributed by atoms with van der Waals surface area (Å²) < 4.78 is 0. The number of amides is 3. The summed E-state index contributed by atoms with van der Waals surface area (Å²) in [5.74, 6) is -0.301. The van der Waals surface area contributed by atoms with Crippen molar-refractivity contribution in [3.8, 4) is 0 Å². The summed E-state index contributed by atoms with van der Waals surface area (Å²) >= 11 is 1.19. The first kappa shape index (κ1) is 17.6. The van der Waals surface area contributed by atoms with Crippen molar-refractivity contribution in [3.63, 3.8) is 0 Å². The molecule has 0 bridgehead atoms. The van der Waals surface area contributed by atoms with Gasteiger partial charge < -0.3 is 10.6 Å². The van der Waals surface area contributed by atoms with Crippen LogP contribution < -0.4 is 16.0 Å². The van der Waals surface area contributed by atoms with Crippen molar-refractivity contribution in [1.29, 1.82) is 0 Å². The van der Waals surface area contributed by atoms with Gasteiger partial charge in [0.25, 0.3) is 5.91 Å². The van der Waals surface area contributed by atoms with E-state index in [4.69, 9.17) is 0 Å². The fraction of sp³-hybridized carbons (Fsp3) is 0.111. The fourth-order valence-electron chi connectivity index (χ4n) is 2.19. The molecule has 0 saturated carbocycles. The standard InChI is InChI=1S/C18H17N5O2S/c1-12-3-2-4-14(9-12)21-17(25)23-18-22-15(11-26-18)16(24)20-10-13-5-7-19-8-6-13/h2-9,11H,10H2,1H3,(H,20,24)(H2,21,22,23,25). The summed E-state index contributed by atoms with van der Waals surface area (Å²) in [5, 5.41) is 10.1. The van der Waals surface area contributed by atoms with E-state index in [0.717, 1.165) is 11.1 Å². The van der Waals surface area contributed by atoms with Gasteiger partial charge in [-0.1, -0.05) is 12.1 Å². The zero-order chi connectivity index (χ0) is 18.4. The number of carbonyl (C=O) groups is 2. The average Bonchev–Trinajstić information content (AvgIpc) is 3.09. The highest BCUT2D eigenvalue weighted by molar-refractivity contribution is 7.14. The molecule has 1 aromatic carbocycles. The molecule has 0 spiro atoms. The number of hydrogen-bond acceptors (Lipinski definition) is 5. The SMILES string of the molecule is Cc1cccc(NC(=O)Nc2nc(C(=O)NCc3ccncc3)cs2)c1. The van der Waals surface area contributed by atoms with Gasteiger partial charge in [0.2, 0.25) is 0 Å². The zero-order valence-corrected chi connectivity index (χ0v) is 14.8. The first-order valence-electron chi connectivity index (χ1n) is 7.87. The maximum absolute atomic E-state index is 12.1. The highest BCUT2D eigenvalue weighted by atomic mass is 32.1. The van der Waals surface area contributed by atoms with Gasteiger partial charge in [-0.3, -0.25) is 15.1 Å². The minimum Gasteiger partial charge on any atom is -0.347 e. The van der Waals surface area contributed by atoms with Crippen molar-refractivity contribution in [2.24, 2.45) is 0 Å². The first-order valence-corrected chi connectivity index (χ1v) is 8.75. The lowest BCUT2D eigenvalue weighted by Crippen LogP contribution is -2.23. The summed E-state index contributed by atoms with van der Waals surface area (Å²) in [6.07, 6.45) is 3.33. The molecule has 0 aliphatic rings. The second-order valence-electron chi connectivity index (χ2n) is 5.52. The zero-order valence-electron chi connectivity index (χ0n) is 14.0. The van der Waals surface area contributed by atoms with Crippen molar-refractivity contribution < 1.29 is 9.59 Å². The third-order valence-electron chi connectivity index (χ3n) is 3.44. The van der Waals surface area contributed by atoms with Gasteiger partial charge in [-0.15, -0.1) is 11.3 Å². The van der Waals surface area contributed by atoms with Crippen molar-refractivity contribution in [2.75, 3.05) is 10.6 Å². The second kappa shape index (κ2) is 8.21. The molecule has 0 unspecified atom stereocenters. The predicted octanol–water partition coefficient (Wildman–Crippen LogP) is 3.42. The monoisotopic (exact) mass is 367 g/mol. The smallest absolute Gasteiger partial charge is 0.325 e. The van der Waals surface area contributed by atoms with Crippen LogP contribution in [0.3, 0.4) is 0 Å². The summed E-state index contributed by atoms with van der Waals surface area (Å²) in [6, 6.07) is 10.7. The van der Waals surface area contributed by atoms with Crippen molar-refractivity contribution in [1.82, 2.24) is 15.3 Å². The number of rotatable bonds is 5. The predicted molar refractivity (Wildman–Crippen MR) is 101 cm³/mol. The van der Waals surface area contributed by atoms with Gasteiger partial charge in [0, 0.05) is 30.0 Å². The van der Waals surface area contributed by atoms with Gasteiger partial charge >= 0.3 is 6.03 Å². The summed E-state index contributed by atoms with van der Waals surface area (Å²) in [7, 11) is 0. The number of thiazole rings is 1. The van der Waals surface area contributed by atoms with E-state index in [9.17, 15) is 9.59 Å². The number of benzene rings is 1. The van der Waals surface area contributed by atoms with Crippen LogP contribution in [0.2, 0.25) is 0 Å². The Morgan fingerprint density at radius 1 is 1.12 bits per heavy atom. The van der Waals surface area contributed by atoms with Gasteiger partial charge in [-0.05, 0) is 42.3 Å². The number of anilines is 2. The molecule has 2 heterocycles. The lowest BCUT2D eigenvalue weighted by molar-refractivity contribution is 0.0946. The van der Waals surface area contributed by atoms with Crippen LogP contribution in [0.25, 0.3) is 0 Å². The molecular weight excluding hydrogens is 350 g/mol. The number of aromatic nitrogens is 2. The number of urea groups is 1. The topological polar surface area (TPSA) is 96.0 Å². The van der Waals surface area contributed by atoms with Crippen LogP contribution in [0.1, 0.15) is 21.6 Å². The molecule has 3 amide bonds. The van der Waals surface area contributed by atoms with E-state index in [1.165, 1.54) is 11.3 Å². The van der Waals surface area contributed by atoms with Gasteiger partial charge in [-0.25, -0.2) is 9.78 Å². The molecule has 3 N–H and O–H groups in total. The number of carbonyl (C=O) groups excluding carboxylic acids is 2. The Bertz CT molecular complexity index is 911. The molecule has 3 rings (SSSR count). The Morgan fingerprint density at radius 2 is 1.92 bits per heavy atom. The van der Waals surface area contributed by atoms with Gasteiger partial charge in [0.15, 0.2) is 5.13 Å². The van der Waals surface area contributed by atoms with Crippen LogP contribution in [0.5, 0.6) is 0 Å². The molecule has 3 aromatic rings. The summed E-state index contributed by atoms with van der Waals surface area (Å²) in [5.41, 5.74) is 2.94. The number of nitrogens with one attached hydrogen (secondary N) is 3. The molecule has 2 aromatic heterocycles. The van der Waals surface area contributed by atoms with E-state index < -0.39 is 6.03 Å². The largest absolute Gasteiger partial charge is 0.347 e. The van der Waals surface area contributed by atoms with E-state index in [-0.39, 0.29) is 11.6 Å². The van der Waals surface area contributed by atoms with Crippen molar-refractivity contribution in [3.05, 3.63) is 71.0 Å². The van der Waals surface area contributed by atoms with E-state index in [0.29, 0.717) is 17.4 Å². The molecule has 8 heteroatoms. The Kier molecular flexibility index (Phi) is 5.55. The van der Waals surface area contributed by atoms with Gasteiger partial charge in [-0.2, -0.15) is 0 Å².